The first-order valence-electron chi connectivity index (χ1n) is 6.92. The van der Waals surface area contributed by atoms with Crippen molar-refractivity contribution < 1.29 is 9.53 Å². The second-order valence-corrected chi connectivity index (χ2v) is 6.31. The zero-order valence-corrected chi connectivity index (χ0v) is 13.2. The molecule has 0 radical (unpaired) electrons. The molecular formula is C14H21N3O2S. The summed E-state index contributed by atoms with van der Waals surface area (Å²) < 4.78 is 5.66. The van der Waals surface area contributed by atoms with Gasteiger partial charge < -0.3 is 9.64 Å². The van der Waals surface area contributed by atoms with E-state index in [2.05, 4.69) is 9.97 Å². The molecule has 0 bridgehead atoms. The normalized spacial score (nSPS) is 22.9. The van der Waals surface area contributed by atoms with E-state index in [0.29, 0.717) is 23.9 Å². The maximum Gasteiger partial charge on any atom is 0.272 e. The Labute approximate surface area is 124 Å². The second-order valence-electron chi connectivity index (χ2n) is 5.08. The van der Waals surface area contributed by atoms with Gasteiger partial charge in [-0.2, -0.15) is 0 Å². The maximum absolute atomic E-state index is 12.6. The summed E-state index contributed by atoms with van der Waals surface area (Å²) in [5.74, 6) is 0.860. The van der Waals surface area contributed by atoms with E-state index in [0.717, 1.165) is 11.4 Å². The van der Waals surface area contributed by atoms with Crippen LogP contribution in [0, 0.1) is 6.92 Å². The minimum Gasteiger partial charge on any atom is -0.372 e. The average Bonchev–Trinajstić information content (AvgIpc) is 2.36. The molecule has 0 spiro atoms. The molecule has 0 N–H and O–H groups in total. The Morgan fingerprint density at radius 2 is 2.05 bits per heavy atom. The van der Waals surface area contributed by atoms with E-state index in [-0.39, 0.29) is 18.1 Å². The number of hydrogen-bond donors (Lipinski definition) is 0. The number of carbonyl (C=O) groups is 1. The molecule has 1 aliphatic rings. The van der Waals surface area contributed by atoms with E-state index >= 15 is 0 Å². The molecule has 1 saturated heterocycles. The molecule has 1 amide bonds. The summed E-state index contributed by atoms with van der Waals surface area (Å²) in [5, 5.41) is 0.671. The van der Waals surface area contributed by atoms with Crippen LogP contribution in [0.1, 0.15) is 37.0 Å². The first-order valence-corrected chi connectivity index (χ1v) is 7.91. The van der Waals surface area contributed by atoms with E-state index in [4.69, 9.17) is 4.74 Å². The van der Waals surface area contributed by atoms with Crippen molar-refractivity contribution in [3.05, 3.63) is 17.5 Å². The van der Waals surface area contributed by atoms with E-state index in [1.807, 2.05) is 32.6 Å². The highest BCUT2D eigenvalue weighted by atomic mass is 32.2. The fourth-order valence-corrected chi connectivity index (χ4v) is 2.98. The molecule has 1 aromatic rings. The molecule has 2 rings (SSSR count). The van der Waals surface area contributed by atoms with Crippen LogP contribution in [0.3, 0.4) is 0 Å². The molecule has 0 aromatic carbocycles. The number of thioether (sulfide) groups is 1. The van der Waals surface area contributed by atoms with Crippen LogP contribution in [-0.4, -0.2) is 51.8 Å². The van der Waals surface area contributed by atoms with Crippen LogP contribution in [-0.2, 0) is 4.74 Å². The van der Waals surface area contributed by atoms with Crippen LogP contribution >= 0.6 is 11.8 Å². The first-order chi connectivity index (χ1) is 9.49. The van der Waals surface area contributed by atoms with Crippen molar-refractivity contribution >= 4 is 17.7 Å². The summed E-state index contributed by atoms with van der Waals surface area (Å²) in [6.45, 7) is 9.13. The lowest BCUT2D eigenvalue weighted by molar-refractivity contribution is -0.0587. The van der Waals surface area contributed by atoms with Gasteiger partial charge >= 0.3 is 0 Å². The number of carbonyl (C=O) groups excluding carboxylic acids is 1. The van der Waals surface area contributed by atoms with Crippen LogP contribution in [0.5, 0.6) is 0 Å². The summed E-state index contributed by atoms with van der Waals surface area (Å²) in [4.78, 5) is 23.1. The lowest BCUT2D eigenvalue weighted by Gasteiger charge is -2.35. The van der Waals surface area contributed by atoms with E-state index in [1.54, 1.807) is 17.8 Å². The summed E-state index contributed by atoms with van der Waals surface area (Å²) in [7, 11) is 0. The predicted octanol–water partition coefficient (Wildman–Crippen LogP) is 2.15. The van der Waals surface area contributed by atoms with Gasteiger partial charge in [-0.25, -0.2) is 9.97 Å². The highest BCUT2D eigenvalue weighted by Gasteiger charge is 2.27. The van der Waals surface area contributed by atoms with Gasteiger partial charge in [-0.15, -0.1) is 0 Å². The molecule has 5 nitrogen and oxygen atoms in total. The van der Waals surface area contributed by atoms with Crippen molar-refractivity contribution in [3.63, 3.8) is 0 Å². The van der Waals surface area contributed by atoms with Crippen molar-refractivity contribution in [2.75, 3.05) is 18.8 Å². The van der Waals surface area contributed by atoms with Gasteiger partial charge in [0.15, 0.2) is 5.16 Å². The van der Waals surface area contributed by atoms with Gasteiger partial charge in [0, 0.05) is 18.8 Å². The number of aryl methyl sites for hydroxylation is 1. The number of nitrogens with zero attached hydrogens (tertiary/aromatic N) is 3. The van der Waals surface area contributed by atoms with Gasteiger partial charge in [-0.3, -0.25) is 4.79 Å². The van der Waals surface area contributed by atoms with E-state index in [1.165, 1.54) is 0 Å². The van der Waals surface area contributed by atoms with Gasteiger partial charge in [-0.1, -0.05) is 18.7 Å². The van der Waals surface area contributed by atoms with Crippen LogP contribution < -0.4 is 0 Å². The number of hydrogen-bond acceptors (Lipinski definition) is 5. The van der Waals surface area contributed by atoms with Crippen LogP contribution in [0.25, 0.3) is 0 Å². The Hall–Kier alpha value is -1.14. The summed E-state index contributed by atoms with van der Waals surface area (Å²) in [6.07, 6.45) is 0.130. The van der Waals surface area contributed by atoms with Gasteiger partial charge in [0.1, 0.15) is 5.69 Å². The largest absolute Gasteiger partial charge is 0.372 e. The van der Waals surface area contributed by atoms with E-state index in [9.17, 15) is 4.79 Å². The topological polar surface area (TPSA) is 55.3 Å². The molecule has 2 unspecified atom stereocenters. The molecule has 0 saturated carbocycles. The fourth-order valence-electron chi connectivity index (χ4n) is 2.35. The molecule has 2 atom stereocenters. The van der Waals surface area contributed by atoms with Gasteiger partial charge in [0.2, 0.25) is 0 Å². The van der Waals surface area contributed by atoms with Gasteiger partial charge in [0.25, 0.3) is 5.91 Å². The third-order valence-corrected chi connectivity index (χ3v) is 3.76. The van der Waals surface area contributed by atoms with Crippen LogP contribution in [0.2, 0.25) is 0 Å². The number of morpholine rings is 1. The van der Waals surface area contributed by atoms with Crippen molar-refractivity contribution in [1.29, 1.82) is 0 Å². The zero-order valence-electron chi connectivity index (χ0n) is 12.4. The standard InChI is InChI=1S/C14H21N3O2S/c1-5-20-14-15-9(2)6-12(16-14)13(18)17-7-10(3)19-11(4)8-17/h6,10-11H,5,7-8H2,1-4H3. The number of rotatable bonds is 3. The molecule has 1 aliphatic heterocycles. The van der Waals surface area contributed by atoms with Crippen LogP contribution in [0.15, 0.2) is 11.2 Å². The minimum atomic E-state index is -0.0320. The molecule has 110 valence electrons. The highest BCUT2D eigenvalue weighted by molar-refractivity contribution is 7.99. The van der Waals surface area contributed by atoms with Crippen molar-refractivity contribution in [2.45, 2.75) is 45.1 Å². The predicted molar refractivity (Wildman–Crippen MR) is 79.1 cm³/mol. The monoisotopic (exact) mass is 295 g/mol. The number of aromatic nitrogens is 2. The Morgan fingerprint density at radius 3 is 2.65 bits per heavy atom. The molecule has 0 aliphatic carbocycles. The summed E-state index contributed by atoms with van der Waals surface area (Å²) in [5.41, 5.74) is 1.31. The summed E-state index contributed by atoms with van der Waals surface area (Å²) >= 11 is 1.55. The Balaban J connectivity index is 2.19. The minimum absolute atomic E-state index is 0.0320. The Morgan fingerprint density at radius 1 is 1.40 bits per heavy atom. The van der Waals surface area contributed by atoms with Gasteiger partial charge in [-0.05, 0) is 32.6 Å². The second kappa shape index (κ2) is 6.54. The SMILES string of the molecule is CCSc1nc(C)cc(C(=O)N2CC(C)OC(C)C2)n1. The van der Waals surface area contributed by atoms with E-state index < -0.39 is 0 Å². The third-order valence-electron chi connectivity index (χ3n) is 3.03. The number of ether oxygens (including phenoxy) is 1. The Kier molecular flexibility index (Phi) is 4.99. The van der Waals surface area contributed by atoms with Crippen molar-refractivity contribution in [2.24, 2.45) is 0 Å². The smallest absolute Gasteiger partial charge is 0.272 e. The highest BCUT2D eigenvalue weighted by Crippen LogP contribution is 2.17. The first kappa shape index (κ1) is 15.3. The fraction of sp³-hybridized carbons (Fsp3) is 0.643. The quantitative estimate of drug-likeness (QED) is 0.632. The molecule has 1 fully saturated rings. The third kappa shape index (κ3) is 3.70. The lowest BCUT2D eigenvalue weighted by atomic mass is 10.2. The molecule has 1 aromatic heterocycles. The lowest BCUT2D eigenvalue weighted by Crippen LogP contribution is -2.48. The Bertz CT molecular complexity index is 485. The van der Waals surface area contributed by atoms with Crippen LogP contribution in [0.4, 0.5) is 0 Å². The molecular weight excluding hydrogens is 274 g/mol. The average molecular weight is 295 g/mol. The molecule has 2 heterocycles. The molecule has 20 heavy (non-hydrogen) atoms. The van der Waals surface area contributed by atoms with Crippen molar-refractivity contribution in [1.82, 2.24) is 14.9 Å². The zero-order chi connectivity index (χ0) is 14.7. The molecule has 6 heteroatoms. The summed E-state index contributed by atoms with van der Waals surface area (Å²) in [6, 6.07) is 1.76. The van der Waals surface area contributed by atoms with Gasteiger partial charge in [0.05, 0.1) is 12.2 Å². The maximum atomic E-state index is 12.6. The number of amides is 1. The van der Waals surface area contributed by atoms with Crippen molar-refractivity contribution in [3.8, 4) is 0 Å².